The number of rotatable bonds is 4. The summed E-state index contributed by atoms with van der Waals surface area (Å²) in [7, 11) is 1.56. The molecular weight excluding hydrogens is 406 g/mol. The standard InChI is InChI=1S/C26H23NO5/c1-31-23-12-6-11-21-20(23)13-14-27(24(21)25(28)29)26(30)32-15-22-18-9-4-2-7-16(18)17-8-3-5-10-19(17)22/h2-12,22,24H,13-15H2,1H3,(H,28,29)/t24-/m0/s1. The van der Waals surface area contributed by atoms with Crippen molar-refractivity contribution in [1.29, 1.82) is 0 Å². The lowest BCUT2D eigenvalue weighted by Crippen LogP contribution is -2.44. The lowest BCUT2D eigenvalue weighted by atomic mass is 9.92. The van der Waals surface area contributed by atoms with Crippen LogP contribution in [0.3, 0.4) is 0 Å². The van der Waals surface area contributed by atoms with E-state index in [0.717, 1.165) is 27.8 Å². The predicted molar refractivity (Wildman–Crippen MR) is 119 cm³/mol. The van der Waals surface area contributed by atoms with Crippen molar-refractivity contribution in [3.63, 3.8) is 0 Å². The number of benzene rings is 3. The van der Waals surface area contributed by atoms with Gasteiger partial charge < -0.3 is 14.6 Å². The number of ether oxygens (including phenoxy) is 2. The number of aliphatic carboxylic acids is 1. The van der Waals surface area contributed by atoms with Crippen LogP contribution in [-0.4, -0.2) is 42.3 Å². The molecule has 3 aromatic rings. The van der Waals surface area contributed by atoms with Gasteiger partial charge in [0.15, 0.2) is 6.04 Å². The number of fused-ring (bicyclic) bond motifs is 4. The summed E-state index contributed by atoms with van der Waals surface area (Å²) >= 11 is 0. The van der Waals surface area contributed by atoms with Crippen molar-refractivity contribution in [3.8, 4) is 16.9 Å². The molecule has 1 aliphatic carbocycles. The molecule has 1 N–H and O–H groups in total. The van der Waals surface area contributed by atoms with E-state index >= 15 is 0 Å². The lowest BCUT2D eigenvalue weighted by molar-refractivity contribution is -0.143. The fourth-order valence-corrected chi connectivity index (χ4v) is 4.97. The molecule has 2 aliphatic rings. The van der Waals surface area contributed by atoms with E-state index in [1.54, 1.807) is 25.3 Å². The first-order chi connectivity index (χ1) is 15.6. The van der Waals surface area contributed by atoms with Crippen molar-refractivity contribution in [3.05, 3.63) is 89.0 Å². The number of hydrogen-bond acceptors (Lipinski definition) is 4. The normalized spacial score (nSPS) is 16.7. The van der Waals surface area contributed by atoms with Gasteiger partial charge in [-0.1, -0.05) is 60.7 Å². The van der Waals surface area contributed by atoms with Crippen molar-refractivity contribution in [1.82, 2.24) is 4.90 Å². The van der Waals surface area contributed by atoms with E-state index in [9.17, 15) is 14.7 Å². The van der Waals surface area contributed by atoms with E-state index in [-0.39, 0.29) is 19.1 Å². The van der Waals surface area contributed by atoms with Crippen LogP contribution in [0.5, 0.6) is 5.75 Å². The van der Waals surface area contributed by atoms with Gasteiger partial charge >= 0.3 is 12.1 Å². The summed E-state index contributed by atoms with van der Waals surface area (Å²) in [6.07, 6.45) is -0.111. The van der Waals surface area contributed by atoms with Crippen LogP contribution in [0.4, 0.5) is 4.79 Å². The summed E-state index contributed by atoms with van der Waals surface area (Å²) in [4.78, 5) is 26.5. The molecule has 6 heteroatoms. The molecule has 0 radical (unpaired) electrons. The van der Waals surface area contributed by atoms with Crippen LogP contribution in [0.25, 0.3) is 11.1 Å². The number of nitrogens with zero attached hydrogens (tertiary/aromatic N) is 1. The summed E-state index contributed by atoms with van der Waals surface area (Å²) < 4.78 is 11.1. The highest BCUT2D eigenvalue weighted by Crippen LogP contribution is 2.44. The van der Waals surface area contributed by atoms with Crippen molar-refractivity contribution in [2.45, 2.75) is 18.4 Å². The van der Waals surface area contributed by atoms with Crippen LogP contribution in [0.15, 0.2) is 66.7 Å². The van der Waals surface area contributed by atoms with Gasteiger partial charge in [0.1, 0.15) is 12.4 Å². The Morgan fingerprint density at radius 2 is 1.56 bits per heavy atom. The largest absolute Gasteiger partial charge is 0.496 e. The van der Waals surface area contributed by atoms with Crippen LogP contribution in [0.1, 0.15) is 34.2 Å². The summed E-state index contributed by atoms with van der Waals surface area (Å²) in [5.74, 6) is -0.527. The van der Waals surface area contributed by atoms with Crippen LogP contribution < -0.4 is 4.74 Å². The van der Waals surface area contributed by atoms with Gasteiger partial charge in [-0.2, -0.15) is 0 Å². The Labute approximate surface area is 186 Å². The Morgan fingerprint density at radius 3 is 2.19 bits per heavy atom. The van der Waals surface area contributed by atoms with Crippen molar-refractivity contribution in [2.24, 2.45) is 0 Å². The van der Waals surface area contributed by atoms with Crippen molar-refractivity contribution in [2.75, 3.05) is 20.3 Å². The molecule has 32 heavy (non-hydrogen) atoms. The molecule has 0 aromatic heterocycles. The summed E-state index contributed by atoms with van der Waals surface area (Å²) in [6, 6.07) is 20.4. The van der Waals surface area contributed by atoms with Gasteiger partial charge in [0.2, 0.25) is 0 Å². The second kappa shape index (κ2) is 8.04. The average molecular weight is 429 g/mol. The van der Waals surface area contributed by atoms with E-state index < -0.39 is 18.1 Å². The molecule has 0 saturated carbocycles. The highest BCUT2D eigenvalue weighted by molar-refractivity contribution is 5.83. The maximum absolute atomic E-state index is 13.1. The Bertz CT molecular complexity index is 1160. The van der Waals surface area contributed by atoms with E-state index in [2.05, 4.69) is 24.3 Å². The fraction of sp³-hybridized carbons (Fsp3) is 0.231. The molecule has 0 bridgehead atoms. The highest BCUT2D eigenvalue weighted by Gasteiger charge is 2.38. The molecular formula is C26H23NO5. The minimum absolute atomic E-state index is 0.0770. The second-order valence-corrected chi connectivity index (χ2v) is 8.02. The van der Waals surface area contributed by atoms with Crippen LogP contribution in [0.2, 0.25) is 0 Å². The number of amides is 1. The SMILES string of the molecule is COc1cccc2c1CCN(C(=O)OCC1c3ccccc3-c3ccccc31)[C@@H]2C(=O)O. The van der Waals surface area contributed by atoms with Gasteiger partial charge in [-0.25, -0.2) is 9.59 Å². The summed E-state index contributed by atoms with van der Waals surface area (Å²) in [5, 5.41) is 9.92. The Balaban J connectivity index is 1.39. The van der Waals surface area contributed by atoms with E-state index in [1.807, 2.05) is 24.3 Å². The molecule has 1 heterocycles. The van der Waals surface area contributed by atoms with Crippen LogP contribution in [0, 0.1) is 0 Å². The molecule has 6 nitrogen and oxygen atoms in total. The van der Waals surface area contributed by atoms with E-state index in [4.69, 9.17) is 9.47 Å². The number of carbonyl (C=O) groups excluding carboxylic acids is 1. The molecule has 0 fully saturated rings. The summed E-state index contributed by atoms with van der Waals surface area (Å²) in [6.45, 7) is 0.404. The number of carbonyl (C=O) groups is 2. The minimum atomic E-state index is -1.11. The molecule has 1 amide bonds. The third-order valence-electron chi connectivity index (χ3n) is 6.40. The van der Waals surface area contributed by atoms with Gasteiger partial charge in [0.05, 0.1) is 7.11 Å². The van der Waals surface area contributed by atoms with E-state index in [1.165, 1.54) is 4.90 Å². The molecule has 5 rings (SSSR count). The summed E-state index contributed by atoms with van der Waals surface area (Å²) in [5.41, 5.74) is 5.91. The van der Waals surface area contributed by atoms with Crippen molar-refractivity contribution >= 4 is 12.1 Å². The molecule has 3 aromatic carbocycles. The zero-order chi connectivity index (χ0) is 22.2. The average Bonchev–Trinajstić information content (AvgIpc) is 3.15. The van der Waals surface area contributed by atoms with Crippen molar-refractivity contribution < 1.29 is 24.2 Å². The molecule has 0 unspecified atom stereocenters. The number of hydrogen-bond donors (Lipinski definition) is 1. The first kappa shape index (κ1) is 20.1. The topological polar surface area (TPSA) is 76.1 Å². The van der Waals surface area contributed by atoms with Gasteiger partial charge in [-0.3, -0.25) is 4.90 Å². The maximum atomic E-state index is 13.1. The molecule has 0 saturated heterocycles. The van der Waals surface area contributed by atoms with Gasteiger partial charge in [0, 0.05) is 18.0 Å². The first-order valence-corrected chi connectivity index (χ1v) is 10.6. The predicted octanol–water partition coefficient (Wildman–Crippen LogP) is 4.63. The van der Waals surface area contributed by atoms with Crippen LogP contribution >= 0.6 is 0 Å². The number of carboxylic acid groups (broad SMARTS) is 1. The van der Waals surface area contributed by atoms with Crippen LogP contribution in [-0.2, 0) is 16.0 Å². The Hall–Kier alpha value is -3.80. The molecule has 1 aliphatic heterocycles. The molecule has 162 valence electrons. The first-order valence-electron chi connectivity index (χ1n) is 10.6. The maximum Gasteiger partial charge on any atom is 0.410 e. The highest BCUT2D eigenvalue weighted by atomic mass is 16.6. The quantitative estimate of drug-likeness (QED) is 0.655. The molecule has 1 atom stereocenters. The minimum Gasteiger partial charge on any atom is -0.496 e. The third kappa shape index (κ3) is 3.19. The molecule has 0 spiro atoms. The Kier molecular flexibility index (Phi) is 5.05. The monoisotopic (exact) mass is 429 g/mol. The fourth-order valence-electron chi connectivity index (χ4n) is 4.97. The lowest BCUT2D eigenvalue weighted by Gasteiger charge is -2.34. The Morgan fingerprint density at radius 1 is 0.938 bits per heavy atom. The van der Waals surface area contributed by atoms with Gasteiger partial charge in [-0.05, 0) is 40.3 Å². The van der Waals surface area contributed by atoms with E-state index in [0.29, 0.717) is 17.7 Å². The second-order valence-electron chi connectivity index (χ2n) is 8.02. The zero-order valence-electron chi connectivity index (χ0n) is 17.7. The van der Waals surface area contributed by atoms with Gasteiger partial charge in [-0.15, -0.1) is 0 Å². The smallest absolute Gasteiger partial charge is 0.410 e. The zero-order valence-corrected chi connectivity index (χ0v) is 17.7. The number of methoxy groups -OCH3 is 1. The third-order valence-corrected chi connectivity index (χ3v) is 6.40. The van der Waals surface area contributed by atoms with Gasteiger partial charge in [0.25, 0.3) is 0 Å². The number of carboxylic acids is 1.